The van der Waals surface area contributed by atoms with Crippen LogP contribution in [0, 0.1) is 6.92 Å². The molecule has 0 N–H and O–H groups in total. The van der Waals surface area contributed by atoms with E-state index < -0.39 is 11.9 Å². The third-order valence-corrected chi connectivity index (χ3v) is 5.71. The highest BCUT2D eigenvalue weighted by Gasteiger charge is 2.22. The van der Waals surface area contributed by atoms with E-state index in [0.717, 1.165) is 37.0 Å². The molecular weight excluding hydrogens is 356 g/mol. The number of carbonyl (C=O) groups is 2. The maximum absolute atomic E-state index is 12.7. The number of hydrogen-bond acceptors (Lipinski definition) is 7. The molecule has 140 valence electrons. The van der Waals surface area contributed by atoms with Gasteiger partial charge in [0.25, 0.3) is 5.56 Å². The molecule has 2 aromatic heterocycles. The predicted octanol–water partition coefficient (Wildman–Crippen LogP) is 2.82. The van der Waals surface area contributed by atoms with Crippen molar-refractivity contribution in [3.05, 3.63) is 27.1 Å². The molecule has 0 saturated heterocycles. The summed E-state index contributed by atoms with van der Waals surface area (Å²) in [6.45, 7) is 3.50. The average Bonchev–Trinajstić information content (AvgIpc) is 2.96. The lowest BCUT2D eigenvalue weighted by Crippen LogP contribution is -2.29. The summed E-state index contributed by atoms with van der Waals surface area (Å²) < 4.78 is 11.7. The highest BCUT2D eigenvalue weighted by Crippen LogP contribution is 2.27. The van der Waals surface area contributed by atoms with Gasteiger partial charge in [0.2, 0.25) is 0 Å². The third kappa shape index (κ3) is 3.80. The molecular formula is C18H22N2O5S. The van der Waals surface area contributed by atoms with E-state index in [2.05, 4.69) is 4.98 Å². The predicted molar refractivity (Wildman–Crippen MR) is 97.5 cm³/mol. The average molecular weight is 378 g/mol. The van der Waals surface area contributed by atoms with E-state index >= 15 is 0 Å². The molecule has 0 bridgehead atoms. The Kier molecular flexibility index (Phi) is 5.70. The van der Waals surface area contributed by atoms with Gasteiger partial charge in [-0.3, -0.25) is 14.2 Å². The molecule has 3 rings (SSSR count). The molecule has 2 heterocycles. The molecule has 0 aliphatic heterocycles. The van der Waals surface area contributed by atoms with E-state index in [-0.39, 0.29) is 24.8 Å². The van der Waals surface area contributed by atoms with Crippen LogP contribution in [0.1, 0.15) is 54.3 Å². The first-order valence-electron chi connectivity index (χ1n) is 8.86. The number of rotatable bonds is 5. The molecule has 1 aliphatic carbocycles. The van der Waals surface area contributed by atoms with Crippen LogP contribution in [0.3, 0.4) is 0 Å². The minimum absolute atomic E-state index is 0.0538. The van der Waals surface area contributed by atoms with Crippen molar-refractivity contribution in [2.24, 2.45) is 0 Å². The topological polar surface area (TPSA) is 87.5 Å². The summed E-state index contributed by atoms with van der Waals surface area (Å²) in [6, 6.07) is 0. The van der Waals surface area contributed by atoms with E-state index in [1.54, 1.807) is 13.8 Å². The first kappa shape index (κ1) is 18.6. The van der Waals surface area contributed by atoms with Crippen LogP contribution in [0.2, 0.25) is 0 Å². The first-order valence-corrected chi connectivity index (χ1v) is 9.68. The van der Waals surface area contributed by atoms with Gasteiger partial charge in [0, 0.05) is 0 Å². The molecule has 8 heteroatoms. The van der Waals surface area contributed by atoms with Gasteiger partial charge in [-0.2, -0.15) is 0 Å². The number of esters is 2. The number of aromatic nitrogens is 2. The van der Waals surface area contributed by atoms with Crippen molar-refractivity contribution in [2.75, 3.05) is 6.61 Å². The quantitative estimate of drug-likeness (QED) is 0.744. The number of thiophene rings is 1. The number of nitrogens with zero attached hydrogens (tertiary/aromatic N) is 2. The van der Waals surface area contributed by atoms with E-state index in [4.69, 9.17) is 9.47 Å². The summed E-state index contributed by atoms with van der Waals surface area (Å²) >= 11 is 1.13. The fraction of sp³-hybridized carbons (Fsp3) is 0.556. The Morgan fingerprint density at radius 1 is 1.31 bits per heavy atom. The monoisotopic (exact) mass is 378 g/mol. The van der Waals surface area contributed by atoms with E-state index in [1.165, 1.54) is 17.3 Å². The summed E-state index contributed by atoms with van der Waals surface area (Å²) in [5.74, 6) is -0.894. The van der Waals surface area contributed by atoms with Gasteiger partial charge in [-0.1, -0.05) is 6.42 Å². The molecule has 0 atom stereocenters. The third-order valence-electron chi connectivity index (χ3n) is 4.53. The zero-order valence-corrected chi connectivity index (χ0v) is 15.8. The second-order valence-corrected chi connectivity index (χ2v) is 7.38. The lowest BCUT2D eigenvalue weighted by molar-refractivity contribution is -0.151. The maximum atomic E-state index is 12.7. The summed E-state index contributed by atoms with van der Waals surface area (Å²) in [6.07, 6.45) is 6.34. The molecule has 2 aromatic rings. The van der Waals surface area contributed by atoms with Crippen LogP contribution in [-0.4, -0.2) is 34.2 Å². The van der Waals surface area contributed by atoms with Crippen molar-refractivity contribution in [3.8, 4) is 0 Å². The molecule has 0 spiro atoms. The second-order valence-electron chi connectivity index (χ2n) is 6.38. The van der Waals surface area contributed by atoms with Gasteiger partial charge >= 0.3 is 11.9 Å². The van der Waals surface area contributed by atoms with Crippen molar-refractivity contribution in [1.82, 2.24) is 9.55 Å². The number of ether oxygens (including phenoxy) is 2. The number of carbonyl (C=O) groups excluding carboxylic acids is 2. The van der Waals surface area contributed by atoms with Crippen LogP contribution >= 0.6 is 11.3 Å². The Labute approximate surface area is 154 Å². The normalized spacial score (nSPS) is 15.2. The molecule has 7 nitrogen and oxygen atoms in total. The highest BCUT2D eigenvalue weighted by molar-refractivity contribution is 7.20. The van der Waals surface area contributed by atoms with E-state index in [9.17, 15) is 14.4 Å². The van der Waals surface area contributed by atoms with Gasteiger partial charge in [0.15, 0.2) is 0 Å². The van der Waals surface area contributed by atoms with E-state index in [1.807, 2.05) is 0 Å². The van der Waals surface area contributed by atoms with Crippen molar-refractivity contribution in [1.29, 1.82) is 0 Å². The Balaban J connectivity index is 1.82. The zero-order chi connectivity index (χ0) is 18.7. The summed E-state index contributed by atoms with van der Waals surface area (Å²) in [5.41, 5.74) is 0.191. The Morgan fingerprint density at radius 2 is 2.04 bits per heavy atom. The van der Waals surface area contributed by atoms with Crippen molar-refractivity contribution in [3.63, 3.8) is 0 Å². The maximum Gasteiger partial charge on any atom is 0.348 e. The zero-order valence-electron chi connectivity index (χ0n) is 14.9. The Hall–Kier alpha value is -2.22. The van der Waals surface area contributed by atoms with Crippen molar-refractivity contribution >= 4 is 33.5 Å². The molecule has 1 fully saturated rings. The number of aryl methyl sites for hydroxylation is 1. The SMILES string of the molecule is CCOC(=O)c1sc2ncn(CC(=O)OC3CCCCC3)c(=O)c2c1C. The molecule has 0 radical (unpaired) electrons. The van der Waals surface area contributed by atoms with Crippen LogP contribution in [0.4, 0.5) is 0 Å². The van der Waals surface area contributed by atoms with Crippen LogP contribution in [0.25, 0.3) is 10.2 Å². The Morgan fingerprint density at radius 3 is 2.73 bits per heavy atom. The minimum Gasteiger partial charge on any atom is -0.462 e. The van der Waals surface area contributed by atoms with Crippen LogP contribution in [0.5, 0.6) is 0 Å². The van der Waals surface area contributed by atoms with Gasteiger partial charge in [-0.05, 0) is 45.1 Å². The molecule has 1 saturated carbocycles. The fourth-order valence-electron chi connectivity index (χ4n) is 3.21. The Bertz CT molecular complexity index is 880. The number of hydrogen-bond donors (Lipinski definition) is 0. The molecule has 0 unspecified atom stereocenters. The van der Waals surface area contributed by atoms with Crippen molar-refractivity contribution < 1.29 is 19.1 Å². The number of fused-ring (bicyclic) bond motifs is 1. The minimum atomic E-state index is -0.462. The molecule has 26 heavy (non-hydrogen) atoms. The second kappa shape index (κ2) is 7.99. The molecule has 0 amide bonds. The smallest absolute Gasteiger partial charge is 0.348 e. The van der Waals surface area contributed by atoms with Crippen LogP contribution < -0.4 is 5.56 Å². The standard InChI is InChI=1S/C18H22N2O5S/c1-3-24-18(23)15-11(2)14-16(26-15)19-10-20(17(14)22)9-13(21)25-12-7-5-4-6-8-12/h10,12H,3-9H2,1-2H3. The largest absolute Gasteiger partial charge is 0.462 e. The van der Waals surface area contributed by atoms with Gasteiger partial charge in [-0.15, -0.1) is 11.3 Å². The fourth-order valence-corrected chi connectivity index (χ4v) is 4.24. The lowest BCUT2D eigenvalue weighted by Gasteiger charge is -2.21. The van der Waals surface area contributed by atoms with Gasteiger partial charge < -0.3 is 9.47 Å². The lowest BCUT2D eigenvalue weighted by atomic mass is 9.98. The molecule has 0 aromatic carbocycles. The van der Waals surface area contributed by atoms with Crippen LogP contribution in [0.15, 0.2) is 11.1 Å². The molecule has 1 aliphatic rings. The first-order chi connectivity index (χ1) is 12.5. The van der Waals surface area contributed by atoms with Gasteiger partial charge in [-0.25, -0.2) is 9.78 Å². The van der Waals surface area contributed by atoms with Gasteiger partial charge in [0.1, 0.15) is 22.4 Å². The summed E-state index contributed by atoms with van der Waals surface area (Å²) in [5, 5.41) is 0.353. The van der Waals surface area contributed by atoms with E-state index in [0.29, 0.717) is 20.7 Å². The summed E-state index contributed by atoms with van der Waals surface area (Å²) in [4.78, 5) is 42.0. The van der Waals surface area contributed by atoms with Gasteiger partial charge in [0.05, 0.1) is 18.3 Å². The van der Waals surface area contributed by atoms with Crippen LogP contribution in [-0.2, 0) is 20.8 Å². The highest BCUT2D eigenvalue weighted by atomic mass is 32.1. The van der Waals surface area contributed by atoms with Crippen molar-refractivity contribution in [2.45, 2.75) is 58.6 Å². The summed E-state index contributed by atoms with van der Waals surface area (Å²) in [7, 11) is 0.